The number of para-hydroxylation sites is 1. The lowest BCUT2D eigenvalue weighted by atomic mass is 10.2. The zero-order valence-electron chi connectivity index (χ0n) is 10.5. The number of hydrogen-bond acceptors (Lipinski definition) is 3. The van der Waals surface area contributed by atoms with Crippen LogP contribution in [0, 0.1) is 0 Å². The fourth-order valence-electron chi connectivity index (χ4n) is 1.71. The van der Waals surface area contributed by atoms with Crippen molar-refractivity contribution in [2.75, 3.05) is 12.0 Å². The van der Waals surface area contributed by atoms with Crippen molar-refractivity contribution >= 4 is 34.5 Å². The number of H-pyrrole nitrogens is 1. The third kappa shape index (κ3) is 3.29. The summed E-state index contributed by atoms with van der Waals surface area (Å²) in [6.45, 7) is 0. The highest BCUT2D eigenvalue weighted by Gasteiger charge is 2.11. The minimum Gasteiger partial charge on any atom is -0.360 e. The highest BCUT2D eigenvalue weighted by Crippen LogP contribution is 2.17. The van der Waals surface area contributed by atoms with E-state index >= 15 is 0 Å². The topological polar surface area (TPSA) is 74.0 Å². The molecule has 0 saturated carbocycles. The summed E-state index contributed by atoms with van der Waals surface area (Å²) in [6.07, 6.45) is 3.95. The summed E-state index contributed by atoms with van der Waals surface area (Å²) in [5, 5.41) is 0.832. The molecule has 0 radical (unpaired) electrons. The van der Waals surface area contributed by atoms with Crippen LogP contribution in [0.25, 0.3) is 10.9 Å². The molecule has 0 atom stereocenters. The molecule has 0 aliphatic carbocycles. The fraction of sp³-hybridized carbons (Fsp3) is 0.231. The summed E-state index contributed by atoms with van der Waals surface area (Å²) in [4.78, 5) is 26.4. The number of carbonyl (C=O) groups excluding carboxylic acids is 2. The Kier molecular flexibility index (Phi) is 4.46. The van der Waals surface area contributed by atoms with Crippen molar-refractivity contribution in [2.24, 2.45) is 0 Å². The summed E-state index contributed by atoms with van der Waals surface area (Å²) < 4.78 is 0. The van der Waals surface area contributed by atoms with E-state index in [0.29, 0.717) is 12.0 Å². The van der Waals surface area contributed by atoms with Crippen molar-refractivity contribution in [1.82, 2.24) is 15.8 Å². The molecule has 0 saturated heterocycles. The molecule has 2 rings (SSSR count). The zero-order chi connectivity index (χ0) is 13.7. The first-order valence-electron chi connectivity index (χ1n) is 5.86. The smallest absolute Gasteiger partial charge is 0.271 e. The van der Waals surface area contributed by atoms with E-state index in [1.54, 1.807) is 18.0 Å². The van der Waals surface area contributed by atoms with E-state index in [4.69, 9.17) is 0 Å². The van der Waals surface area contributed by atoms with Gasteiger partial charge in [-0.15, -0.1) is 0 Å². The van der Waals surface area contributed by atoms with Gasteiger partial charge in [-0.2, -0.15) is 11.8 Å². The molecule has 0 fully saturated rings. The lowest BCUT2D eigenvalue weighted by Crippen LogP contribution is -2.41. The number of benzene rings is 1. The Balaban J connectivity index is 1.98. The van der Waals surface area contributed by atoms with Crippen molar-refractivity contribution in [3.63, 3.8) is 0 Å². The first-order chi connectivity index (χ1) is 9.22. The summed E-state index contributed by atoms with van der Waals surface area (Å²) in [7, 11) is 0. The number of hydrazine groups is 1. The van der Waals surface area contributed by atoms with Crippen LogP contribution < -0.4 is 10.9 Å². The highest BCUT2D eigenvalue weighted by atomic mass is 32.2. The van der Waals surface area contributed by atoms with Crippen molar-refractivity contribution in [3.05, 3.63) is 36.0 Å². The van der Waals surface area contributed by atoms with Crippen molar-refractivity contribution in [2.45, 2.75) is 6.42 Å². The van der Waals surface area contributed by atoms with E-state index in [-0.39, 0.29) is 11.8 Å². The van der Waals surface area contributed by atoms with E-state index in [2.05, 4.69) is 15.8 Å². The molecule has 5 nitrogen and oxygen atoms in total. The molecule has 0 spiro atoms. The maximum absolute atomic E-state index is 11.9. The summed E-state index contributed by atoms with van der Waals surface area (Å²) in [5.74, 6) is 0.215. The van der Waals surface area contributed by atoms with Crippen LogP contribution in [-0.4, -0.2) is 28.8 Å². The standard InChI is InChI=1S/C13H15N3O2S/c1-19-7-6-12(17)15-16-13(18)10-8-14-11-5-3-2-4-9(10)11/h2-5,8,14H,6-7H2,1H3,(H,15,17)(H,16,18). The molecule has 0 aliphatic heterocycles. The van der Waals surface area contributed by atoms with Gasteiger partial charge >= 0.3 is 0 Å². The van der Waals surface area contributed by atoms with Gasteiger partial charge in [0, 0.05) is 29.3 Å². The summed E-state index contributed by atoms with van der Waals surface area (Å²) in [6, 6.07) is 7.51. The van der Waals surface area contributed by atoms with Gasteiger partial charge < -0.3 is 4.98 Å². The lowest BCUT2D eigenvalue weighted by molar-refractivity contribution is -0.121. The zero-order valence-corrected chi connectivity index (χ0v) is 11.3. The Morgan fingerprint density at radius 3 is 2.84 bits per heavy atom. The van der Waals surface area contributed by atoms with Crippen LogP contribution in [-0.2, 0) is 4.79 Å². The van der Waals surface area contributed by atoms with Crippen LogP contribution in [0.5, 0.6) is 0 Å². The van der Waals surface area contributed by atoms with Crippen LogP contribution in [0.15, 0.2) is 30.5 Å². The van der Waals surface area contributed by atoms with Crippen LogP contribution >= 0.6 is 11.8 Å². The van der Waals surface area contributed by atoms with Crippen molar-refractivity contribution in [1.29, 1.82) is 0 Å². The Bertz CT molecular complexity index is 594. The molecule has 2 aromatic rings. The largest absolute Gasteiger partial charge is 0.360 e. The molecule has 0 bridgehead atoms. The van der Waals surface area contributed by atoms with Crippen molar-refractivity contribution in [3.8, 4) is 0 Å². The number of fused-ring (bicyclic) bond motifs is 1. The van der Waals surface area contributed by atoms with Crippen LogP contribution in [0.4, 0.5) is 0 Å². The minimum absolute atomic E-state index is 0.192. The molecule has 19 heavy (non-hydrogen) atoms. The van der Waals surface area contributed by atoms with Gasteiger partial charge in [-0.05, 0) is 12.3 Å². The lowest BCUT2D eigenvalue weighted by Gasteiger charge is -2.06. The van der Waals surface area contributed by atoms with Gasteiger partial charge in [-0.25, -0.2) is 0 Å². The number of carbonyl (C=O) groups is 2. The number of aromatic nitrogens is 1. The first kappa shape index (κ1) is 13.5. The minimum atomic E-state index is -0.324. The first-order valence-corrected chi connectivity index (χ1v) is 7.26. The molecule has 0 aliphatic rings. The van der Waals surface area contributed by atoms with Gasteiger partial charge in [0.15, 0.2) is 0 Å². The molecule has 1 aromatic carbocycles. The predicted molar refractivity (Wildman–Crippen MR) is 76.9 cm³/mol. The Hall–Kier alpha value is -1.95. The normalized spacial score (nSPS) is 10.4. The van der Waals surface area contributed by atoms with Gasteiger partial charge in [0.1, 0.15) is 0 Å². The molecule has 6 heteroatoms. The average Bonchev–Trinajstić information content (AvgIpc) is 2.86. The highest BCUT2D eigenvalue weighted by molar-refractivity contribution is 7.98. The molecule has 100 valence electrons. The summed E-state index contributed by atoms with van der Waals surface area (Å²) >= 11 is 1.59. The van der Waals surface area contributed by atoms with E-state index in [1.165, 1.54) is 0 Å². The predicted octanol–water partition coefficient (Wildman–Crippen LogP) is 1.68. The average molecular weight is 277 g/mol. The number of aromatic amines is 1. The van der Waals surface area contributed by atoms with Gasteiger partial charge in [0.05, 0.1) is 5.56 Å². The van der Waals surface area contributed by atoms with Crippen LogP contribution in [0.2, 0.25) is 0 Å². The molecule has 1 aromatic heterocycles. The van der Waals surface area contributed by atoms with E-state index < -0.39 is 0 Å². The number of hydrogen-bond donors (Lipinski definition) is 3. The van der Waals surface area contributed by atoms with Gasteiger partial charge in [-0.1, -0.05) is 18.2 Å². The Morgan fingerprint density at radius 2 is 2.05 bits per heavy atom. The number of thioether (sulfide) groups is 1. The Labute approximate surface area is 115 Å². The third-order valence-electron chi connectivity index (χ3n) is 2.68. The Morgan fingerprint density at radius 1 is 1.26 bits per heavy atom. The monoisotopic (exact) mass is 277 g/mol. The molecular formula is C13H15N3O2S. The molecule has 1 heterocycles. The SMILES string of the molecule is CSCCC(=O)NNC(=O)c1c[nH]c2ccccc12. The van der Waals surface area contributed by atoms with Gasteiger partial charge in [0.2, 0.25) is 5.91 Å². The molecule has 2 amide bonds. The fourth-order valence-corrected chi connectivity index (χ4v) is 2.10. The van der Waals surface area contributed by atoms with Crippen LogP contribution in [0.1, 0.15) is 16.8 Å². The number of rotatable bonds is 4. The maximum Gasteiger partial charge on any atom is 0.271 e. The third-order valence-corrected chi connectivity index (χ3v) is 3.29. The number of nitrogens with one attached hydrogen (secondary N) is 3. The molecular weight excluding hydrogens is 262 g/mol. The molecule has 3 N–H and O–H groups in total. The summed E-state index contributed by atoms with van der Waals surface area (Å²) in [5.41, 5.74) is 6.23. The quantitative estimate of drug-likeness (QED) is 0.744. The second kappa shape index (κ2) is 6.29. The van der Waals surface area contributed by atoms with E-state index in [1.807, 2.05) is 30.5 Å². The maximum atomic E-state index is 11.9. The second-order valence-electron chi connectivity index (χ2n) is 3.99. The van der Waals surface area contributed by atoms with Gasteiger partial charge in [-0.3, -0.25) is 20.4 Å². The van der Waals surface area contributed by atoms with E-state index in [0.717, 1.165) is 16.7 Å². The second-order valence-corrected chi connectivity index (χ2v) is 4.98. The van der Waals surface area contributed by atoms with Gasteiger partial charge in [0.25, 0.3) is 5.91 Å². The van der Waals surface area contributed by atoms with Crippen LogP contribution in [0.3, 0.4) is 0 Å². The van der Waals surface area contributed by atoms with Crippen molar-refractivity contribution < 1.29 is 9.59 Å². The number of amides is 2. The molecule has 0 unspecified atom stereocenters. The van der Waals surface area contributed by atoms with E-state index in [9.17, 15) is 9.59 Å².